The van der Waals surface area contributed by atoms with Crippen LogP contribution in [0.2, 0.25) is 0 Å². The number of ether oxygens (including phenoxy) is 1. The second-order valence-electron chi connectivity index (χ2n) is 5.70. The number of hydrogen-bond donors (Lipinski definition) is 2. The third kappa shape index (κ3) is 2.97. The molecular weight excluding hydrogens is 286 g/mol. The number of carbonyl (C=O) groups is 2. The zero-order chi connectivity index (χ0) is 15.5. The largest absolute Gasteiger partial charge is 0.379 e. The predicted octanol–water partition coefficient (Wildman–Crippen LogP) is -0.496. The van der Waals surface area contributed by atoms with Crippen LogP contribution < -0.4 is 5.73 Å². The number of morpholine rings is 1. The second-order valence-corrected chi connectivity index (χ2v) is 5.70. The maximum atomic E-state index is 12.6. The molecule has 2 saturated heterocycles. The van der Waals surface area contributed by atoms with Gasteiger partial charge in [0.25, 0.3) is 5.91 Å². The molecule has 0 spiro atoms. The normalized spacial score (nSPS) is 22.9. The van der Waals surface area contributed by atoms with Gasteiger partial charge in [-0.1, -0.05) is 0 Å². The number of H-pyrrole nitrogens is 1. The summed E-state index contributed by atoms with van der Waals surface area (Å²) in [6.07, 6.45) is 3.16. The molecule has 0 aliphatic carbocycles. The Morgan fingerprint density at radius 2 is 2.14 bits per heavy atom. The van der Waals surface area contributed by atoms with Crippen LogP contribution in [-0.2, 0) is 9.53 Å². The van der Waals surface area contributed by atoms with Gasteiger partial charge in [-0.25, -0.2) is 0 Å². The summed E-state index contributed by atoms with van der Waals surface area (Å²) in [5.74, 6) is -0.439. The maximum Gasteiger partial charge on any atom is 0.252 e. The lowest BCUT2D eigenvalue weighted by molar-refractivity contribution is -0.134. The van der Waals surface area contributed by atoms with E-state index in [0.717, 1.165) is 25.9 Å². The number of aromatic nitrogens is 2. The summed E-state index contributed by atoms with van der Waals surface area (Å²) in [5.41, 5.74) is 6.40. The molecule has 2 amide bonds. The number of amides is 2. The number of nitrogens with two attached hydrogens (primary N) is 1. The minimum absolute atomic E-state index is 0.0782. The van der Waals surface area contributed by atoms with Gasteiger partial charge in [-0.2, -0.15) is 5.10 Å². The number of nitrogens with one attached hydrogen (secondary N) is 1. The molecule has 3 N–H and O–H groups in total. The van der Waals surface area contributed by atoms with Crippen LogP contribution in [0.15, 0.2) is 6.20 Å². The van der Waals surface area contributed by atoms with Crippen LogP contribution in [0.4, 0.5) is 0 Å². The molecule has 2 aliphatic rings. The highest BCUT2D eigenvalue weighted by Gasteiger charge is 2.34. The SMILES string of the molecule is NC(=O)c1cn[nH]c1C1CCCN1C(=O)CN1CCOCC1. The molecular formula is C14H21N5O3. The van der Waals surface area contributed by atoms with Crippen LogP contribution in [0.3, 0.4) is 0 Å². The Balaban J connectivity index is 1.70. The molecule has 22 heavy (non-hydrogen) atoms. The fourth-order valence-electron chi connectivity index (χ4n) is 3.15. The van der Waals surface area contributed by atoms with Gasteiger partial charge in [0.15, 0.2) is 0 Å². The fourth-order valence-corrected chi connectivity index (χ4v) is 3.15. The Kier molecular flexibility index (Phi) is 4.39. The van der Waals surface area contributed by atoms with E-state index in [1.54, 1.807) is 0 Å². The molecule has 3 rings (SSSR count). The predicted molar refractivity (Wildman–Crippen MR) is 78.1 cm³/mol. The van der Waals surface area contributed by atoms with Crippen molar-refractivity contribution in [2.75, 3.05) is 39.4 Å². The second kappa shape index (κ2) is 6.45. The van der Waals surface area contributed by atoms with Gasteiger partial charge in [0.2, 0.25) is 5.91 Å². The van der Waals surface area contributed by atoms with Gasteiger partial charge in [-0.3, -0.25) is 19.6 Å². The molecule has 2 fully saturated rings. The van der Waals surface area contributed by atoms with Gasteiger partial charge in [0.05, 0.1) is 43.3 Å². The summed E-state index contributed by atoms with van der Waals surface area (Å²) >= 11 is 0. The van der Waals surface area contributed by atoms with E-state index in [-0.39, 0.29) is 11.9 Å². The van der Waals surface area contributed by atoms with Gasteiger partial charge in [-0.05, 0) is 12.8 Å². The number of rotatable bonds is 4. The first kappa shape index (κ1) is 15.0. The van der Waals surface area contributed by atoms with Crippen molar-refractivity contribution < 1.29 is 14.3 Å². The minimum Gasteiger partial charge on any atom is -0.379 e. The van der Waals surface area contributed by atoms with Crippen molar-refractivity contribution in [1.82, 2.24) is 20.0 Å². The molecule has 2 aliphatic heterocycles. The molecule has 8 nitrogen and oxygen atoms in total. The fraction of sp³-hybridized carbons (Fsp3) is 0.643. The van der Waals surface area contributed by atoms with E-state index in [1.165, 1.54) is 6.20 Å². The van der Waals surface area contributed by atoms with Crippen LogP contribution in [0.5, 0.6) is 0 Å². The van der Waals surface area contributed by atoms with E-state index in [2.05, 4.69) is 15.1 Å². The zero-order valence-corrected chi connectivity index (χ0v) is 12.5. The van der Waals surface area contributed by atoms with Gasteiger partial charge in [0, 0.05) is 19.6 Å². The van der Waals surface area contributed by atoms with Gasteiger partial charge < -0.3 is 15.4 Å². The van der Waals surface area contributed by atoms with Crippen LogP contribution in [0.1, 0.15) is 34.9 Å². The lowest BCUT2D eigenvalue weighted by Crippen LogP contribution is -2.44. The third-order valence-electron chi connectivity index (χ3n) is 4.30. The first-order valence-electron chi connectivity index (χ1n) is 7.59. The number of primary amides is 1. The summed E-state index contributed by atoms with van der Waals surface area (Å²) in [6, 6.07) is -0.140. The molecule has 1 aromatic rings. The van der Waals surface area contributed by atoms with Crippen molar-refractivity contribution in [2.45, 2.75) is 18.9 Å². The molecule has 1 aromatic heterocycles. The lowest BCUT2D eigenvalue weighted by atomic mass is 10.1. The average molecular weight is 307 g/mol. The number of hydrogen-bond acceptors (Lipinski definition) is 5. The summed E-state index contributed by atoms with van der Waals surface area (Å²) in [4.78, 5) is 28.0. The Bertz CT molecular complexity index is 552. The quantitative estimate of drug-likeness (QED) is 0.780. The molecule has 0 aromatic carbocycles. The van der Waals surface area contributed by atoms with E-state index in [0.29, 0.717) is 37.6 Å². The van der Waals surface area contributed by atoms with Crippen molar-refractivity contribution >= 4 is 11.8 Å². The Hall–Kier alpha value is -1.93. The van der Waals surface area contributed by atoms with Gasteiger partial charge in [0.1, 0.15) is 0 Å². The minimum atomic E-state index is -0.517. The van der Waals surface area contributed by atoms with E-state index in [9.17, 15) is 9.59 Å². The van der Waals surface area contributed by atoms with Crippen molar-refractivity contribution in [3.8, 4) is 0 Å². The molecule has 3 heterocycles. The summed E-state index contributed by atoms with van der Waals surface area (Å²) in [6.45, 7) is 3.98. The highest BCUT2D eigenvalue weighted by Crippen LogP contribution is 2.32. The highest BCUT2D eigenvalue weighted by molar-refractivity contribution is 5.94. The standard InChI is InChI=1S/C14H21N5O3/c15-14(21)10-8-16-17-13(10)11-2-1-3-19(11)12(20)9-18-4-6-22-7-5-18/h8,11H,1-7,9H2,(H2,15,21)(H,16,17). The Morgan fingerprint density at radius 3 is 2.86 bits per heavy atom. The first-order chi connectivity index (χ1) is 10.7. The number of aromatic amines is 1. The van der Waals surface area contributed by atoms with Crippen LogP contribution in [0.25, 0.3) is 0 Å². The van der Waals surface area contributed by atoms with Crippen LogP contribution in [-0.4, -0.2) is 71.2 Å². The molecule has 1 unspecified atom stereocenters. The third-order valence-corrected chi connectivity index (χ3v) is 4.30. The first-order valence-corrected chi connectivity index (χ1v) is 7.59. The monoisotopic (exact) mass is 307 g/mol. The van der Waals surface area contributed by atoms with Crippen molar-refractivity contribution in [3.05, 3.63) is 17.5 Å². The molecule has 120 valence electrons. The summed E-state index contributed by atoms with van der Waals surface area (Å²) in [5, 5.41) is 6.75. The average Bonchev–Trinajstić information content (AvgIpc) is 3.16. The molecule has 8 heteroatoms. The Morgan fingerprint density at radius 1 is 1.36 bits per heavy atom. The number of carbonyl (C=O) groups excluding carboxylic acids is 2. The molecule has 0 saturated carbocycles. The molecule has 1 atom stereocenters. The highest BCUT2D eigenvalue weighted by atomic mass is 16.5. The lowest BCUT2D eigenvalue weighted by Gasteiger charge is -2.30. The van der Waals surface area contributed by atoms with Crippen LogP contribution in [0, 0.1) is 0 Å². The number of nitrogens with zero attached hydrogens (tertiary/aromatic N) is 3. The van der Waals surface area contributed by atoms with Crippen molar-refractivity contribution in [2.24, 2.45) is 5.73 Å². The smallest absolute Gasteiger partial charge is 0.252 e. The van der Waals surface area contributed by atoms with Crippen LogP contribution >= 0.6 is 0 Å². The van der Waals surface area contributed by atoms with Gasteiger partial charge >= 0.3 is 0 Å². The van der Waals surface area contributed by atoms with Gasteiger partial charge in [-0.15, -0.1) is 0 Å². The van der Waals surface area contributed by atoms with Crippen molar-refractivity contribution in [1.29, 1.82) is 0 Å². The zero-order valence-electron chi connectivity index (χ0n) is 12.5. The number of likely N-dealkylation sites (tertiary alicyclic amines) is 1. The van der Waals surface area contributed by atoms with E-state index < -0.39 is 5.91 Å². The summed E-state index contributed by atoms with van der Waals surface area (Å²) < 4.78 is 5.30. The van der Waals surface area contributed by atoms with Crippen molar-refractivity contribution in [3.63, 3.8) is 0 Å². The Labute approximate surface area is 128 Å². The van der Waals surface area contributed by atoms with E-state index >= 15 is 0 Å². The topological polar surface area (TPSA) is 105 Å². The maximum absolute atomic E-state index is 12.6. The molecule has 0 bridgehead atoms. The van der Waals surface area contributed by atoms with E-state index in [4.69, 9.17) is 10.5 Å². The molecule has 0 radical (unpaired) electrons. The van der Waals surface area contributed by atoms with E-state index in [1.807, 2.05) is 4.90 Å². The summed E-state index contributed by atoms with van der Waals surface area (Å²) in [7, 11) is 0.